The first kappa shape index (κ1) is 15.2. The summed E-state index contributed by atoms with van der Waals surface area (Å²) in [7, 11) is 0. The maximum absolute atomic E-state index is 13.6. The molecule has 3 heterocycles. The third-order valence-corrected chi connectivity index (χ3v) is 4.64. The van der Waals surface area contributed by atoms with Gasteiger partial charge in [-0.25, -0.2) is 9.97 Å². The summed E-state index contributed by atoms with van der Waals surface area (Å²) in [5.74, 6) is 0.0352. The Balaban J connectivity index is 1.78. The summed E-state index contributed by atoms with van der Waals surface area (Å²) in [6, 6.07) is 6.29. The lowest BCUT2D eigenvalue weighted by atomic mass is 10.0. The number of rotatable bonds is 2. The Morgan fingerprint density at radius 3 is 2.71 bits per heavy atom. The van der Waals surface area contributed by atoms with Crippen molar-refractivity contribution in [2.75, 3.05) is 23.7 Å². The number of alkyl halides is 3. The molecule has 2 aliphatic rings. The number of anilines is 2. The Morgan fingerprint density at radius 1 is 1.25 bits per heavy atom. The lowest BCUT2D eigenvalue weighted by Crippen LogP contribution is -2.44. The van der Waals surface area contributed by atoms with E-state index in [0.717, 1.165) is 19.0 Å². The molecule has 8 heteroatoms. The van der Waals surface area contributed by atoms with Crippen LogP contribution in [0.1, 0.15) is 12.0 Å². The molecule has 4 rings (SSSR count). The van der Waals surface area contributed by atoms with Gasteiger partial charge in [0, 0.05) is 42.6 Å². The normalized spacial score (nSPS) is 23.0. The molecule has 0 amide bonds. The fraction of sp³-hybridized carbons (Fsp3) is 0.375. The number of nitrogens with zero attached hydrogens (tertiary/aromatic N) is 3. The van der Waals surface area contributed by atoms with Crippen LogP contribution >= 0.6 is 0 Å². The van der Waals surface area contributed by atoms with Crippen LogP contribution in [0.3, 0.4) is 0 Å². The topological polar surface area (TPSA) is 67.1 Å². The smallest absolute Gasteiger partial charge is 0.368 e. The third kappa shape index (κ3) is 2.56. The number of benzene rings is 1. The second kappa shape index (κ2) is 5.34. The highest BCUT2D eigenvalue weighted by atomic mass is 19.4. The molecule has 1 aromatic heterocycles. The molecule has 5 nitrogen and oxygen atoms in total. The van der Waals surface area contributed by atoms with Gasteiger partial charge in [-0.3, -0.25) is 0 Å². The first-order valence-electron chi connectivity index (χ1n) is 7.72. The van der Waals surface area contributed by atoms with Crippen LogP contribution in [0.5, 0.6) is 0 Å². The zero-order chi connectivity index (χ0) is 16.9. The van der Waals surface area contributed by atoms with Crippen molar-refractivity contribution in [2.24, 2.45) is 0 Å². The molecule has 1 aromatic carbocycles. The van der Waals surface area contributed by atoms with Gasteiger partial charge >= 0.3 is 6.18 Å². The Labute approximate surface area is 136 Å². The molecule has 0 spiro atoms. The van der Waals surface area contributed by atoms with Gasteiger partial charge in [-0.05, 0) is 24.6 Å². The predicted molar refractivity (Wildman–Crippen MR) is 84.4 cm³/mol. The number of halogens is 3. The quantitative estimate of drug-likeness (QED) is 0.881. The summed E-state index contributed by atoms with van der Waals surface area (Å²) in [4.78, 5) is 9.64. The van der Waals surface area contributed by atoms with E-state index < -0.39 is 11.7 Å². The zero-order valence-corrected chi connectivity index (χ0v) is 12.7. The number of nitrogens with two attached hydrogens (primary N) is 1. The predicted octanol–water partition coefficient (Wildman–Crippen LogP) is 2.30. The second-order valence-electron chi connectivity index (χ2n) is 6.18. The van der Waals surface area contributed by atoms with Gasteiger partial charge in [0.1, 0.15) is 0 Å². The number of fused-ring (bicyclic) bond motifs is 2. The third-order valence-electron chi connectivity index (χ3n) is 4.64. The van der Waals surface area contributed by atoms with E-state index in [1.54, 1.807) is 12.1 Å². The van der Waals surface area contributed by atoms with Crippen LogP contribution in [0.2, 0.25) is 0 Å². The van der Waals surface area contributed by atoms with E-state index in [4.69, 9.17) is 5.73 Å². The van der Waals surface area contributed by atoms with E-state index >= 15 is 0 Å². The SMILES string of the molecule is Nc1nccc(-c2ccc(N3CC4CC3CN4)c(C(F)(F)F)c2)n1. The second-order valence-corrected chi connectivity index (χ2v) is 6.18. The molecular formula is C16H16F3N5. The van der Waals surface area contributed by atoms with E-state index in [1.165, 1.54) is 12.3 Å². The van der Waals surface area contributed by atoms with Crippen molar-refractivity contribution in [3.8, 4) is 11.3 Å². The average molecular weight is 335 g/mol. The van der Waals surface area contributed by atoms with Crippen LogP contribution < -0.4 is 16.0 Å². The van der Waals surface area contributed by atoms with Gasteiger partial charge in [-0.2, -0.15) is 13.2 Å². The summed E-state index contributed by atoms with van der Waals surface area (Å²) >= 11 is 0. The molecule has 2 atom stereocenters. The van der Waals surface area contributed by atoms with Gasteiger partial charge in [-0.15, -0.1) is 0 Å². The average Bonchev–Trinajstić information content (AvgIpc) is 3.16. The molecule has 24 heavy (non-hydrogen) atoms. The van der Waals surface area contributed by atoms with E-state index in [0.29, 0.717) is 17.8 Å². The molecule has 2 saturated heterocycles. The largest absolute Gasteiger partial charge is 0.418 e. The monoisotopic (exact) mass is 335 g/mol. The molecular weight excluding hydrogens is 319 g/mol. The number of piperazine rings is 1. The molecule has 0 saturated carbocycles. The van der Waals surface area contributed by atoms with Crippen molar-refractivity contribution in [3.05, 3.63) is 36.0 Å². The van der Waals surface area contributed by atoms with Gasteiger partial charge in [0.25, 0.3) is 0 Å². The summed E-state index contributed by atoms with van der Waals surface area (Å²) < 4.78 is 40.9. The minimum Gasteiger partial charge on any atom is -0.368 e. The van der Waals surface area contributed by atoms with Crippen LogP contribution in [0.15, 0.2) is 30.5 Å². The first-order chi connectivity index (χ1) is 11.4. The summed E-state index contributed by atoms with van der Waals surface area (Å²) in [6.07, 6.45) is -2.11. The van der Waals surface area contributed by atoms with E-state index in [1.807, 2.05) is 4.90 Å². The van der Waals surface area contributed by atoms with Crippen LogP contribution in [-0.2, 0) is 6.18 Å². The fourth-order valence-electron chi connectivity index (χ4n) is 3.56. The Morgan fingerprint density at radius 2 is 2.08 bits per heavy atom. The summed E-state index contributed by atoms with van der Waals surface area (Å²) in [5.41, 5.74) is 5.89. The number of nitrogen functional groups attached to an aromatic ring is 1. The van der Waals surface area contributed by atoms with Crippen LogP contribution in [0.4, 0.5) is 24.8 Å². The molecule has 2 aliphatic heterocycles. The molecule has 0 aliphatic carbocycles. The Kier molecular flexibility index (Phi) is 3.38. The highest BCUT2D eigenvalue weighted by Gasteiger charge is 2.42. The van der Waals surface area contributed by atoms with Gasteiger partial charge in [0.2, 0.25) is 5.95 Å². The van der Waals surface area contributed by atoms with Crippen molar-refractivity contribution in [1.82, 2.24) is 15.3 Å². The maximum Gasteiger partial charge on any atom is 0.418 e. The van der Waals surface area contributed by atoms with Crippen molar-refractivity contribution >= 4 is 11.6 Å². The Hall–Kier alpha value is -2.35. The van der Waals surface area contributed by atoms with Gasteiger partial charge < -0.3 is 16.0 Å². The van der Waals surface area contributed by atoms with Crippen molar-refractivity contribution in [3.63, 3.8) is 0 Å². The molecule has 2 fully saturated rings. The zero-order valence-electron chi connectivity index (χ0n) is 12.7. The van der Waals surface area contributed by atoms with Crippen LogP contribution in [0, 0.1) is 0 Å². The molecule has 126 valence electrons. The number of hydrogen-bond acceptors (Lipinski definition) is 5. The number of nitrogens with one attached hydrogen (secondary N) is 1. The standard InChI is InChI=1S/C16H16F3N5/c17-16(18,19)12-5-9(13-3-4-21-15(20)23-13)1-2-14(12)24-8-10-6-11(24)7-22-10/h1-5,10-11,22H,6-8H2,(H2,20,21,23). The van der Waals surface area contributed by atoms with Crippen LogP contribution in [0.25, 0.3) is 11.3 Å². The summed E-state index contributed by atoms with van der Waals surface area (Å²) in [6.45, 7) is 1.33. The van der Waals surface area contributed by atoms with Gasteiger partial charge in [0.15, 0.2) is 0 Å². The van der Waals surface area contributed by atoms with Gasteiger partial charge in [0.05, 0.1) is 11.3 Å². The van der Waals surface area contributed by atoms with Gasteiger partial charge in [-0.1, -0.05) is 6.07 Å². The minimum atomic E-state index is -4.43. The molecule has 2 unspecified atom stereocenters. The first-order valence-corrected chi connectivity index (χ1v) is 7.72. The highest BCUT2D eigenvalue weighted by Crippen LogP contribution is 2.41. The Bertz CT molecular complexity index is 777. The lowest BCUT2D eigenvalue weighted by Gasteiger charge is -2.32. The number of hydrogen-bond donors (Lipinski definition) is 2. The lowest BCUT2D eigenvalue weighted by molar-refractivity contribution is -0.137. The van der Waals surface area contributed by atoms with Crippen molar-refractivity contribution < 1.29 is 13.2 Å². The highest BCUT2D eigenvalue weighted by molar-refractivity contribution is 5.68. The number of aromatic nitrogens is 2. The molecule has 3 N–H and O–H groups in total. The van der Waals surface area contributed by atoms with Crippen molar-refractivity contribution in [1.29, 1.82) is 0 Å². The van der Waals surface area contributed by atoms with E-state index in [9.17, 15) is 13.2 Å². The van der Waals surface area contributed by atoms with E-state index in [2.05, 4.69) is 15.3 Å². The minimum absolute atomic E-state index is 0.0352. The molecule has 0 radical (unpaired) electrons. The molecule has 2 aromatic rings. The van der Waals surface area contributed by atoms with E-state index in [-0.39, 0.29) is 23.7 Å². The van der Waals surface area contributed by atoms with Crippen molar-refractivity contribution in [2.45, 2.75) is 24.7 Å². The fourth-order valence-corrected chi connectivity index (χ4v) is 3.56. The maximum atomic E-state index is 13.6. The summed E-state index contributed by atoms with van der Waals surface area (Å²) in [5, 5.41) is 3.30. The van der Waals surface area contributed by atoms with Crippen LogP contribution in [-0.4, -0.2) is 35.1 Å². The molecule has 2 bridgehead atoms.